The summed E-state index contributed by atoms with van der Waals surface area (Å²) in [6, 6.07) is 0. The number of aliphatic hydroxyl groups excluding tert-OH is 1. The predicted octanol–water partition coefficient (Wildman–Crippen LogP) is 2.65. The van der Waals surface area contributed by atoms with Gasteiger partial charge in [0.15, 0.2) is 0 Å². The van der Waals surface area contributed by atoms with Gasteiger partial charge in [-0.15, -0.1) is 0 Å². The van der Waals surface area contributed by atoms with Gasteiger partial charge >= 0.3 is 6.18 Å². The van der Waals surface area contributed by atoms with Crippen molar-refractivity contribution in [2.75, 3.05) is 6.61 Å². The molecule has 2 fully saturated rings. The van der Waals surface area contributed by atoms with E-state index in [1.807, 2.05) is 0 Å². The molecule has 1 spiro atoms. The van der Waals surface area contributed by atoms with Gasteiger partial charge < -0.3 is 9.84 Å². The molecule has 5 heteroatoms. The zero-order chi connectivity index (χ0) is 11.8. The van der Waals surface area contributed by atoms with Crippen LogP contribution in [0.4, 0.5) is 13.2 Å². The molecule has 0 saturated heterocycles. The van der Waals surface area contributed by atoms with E-state index < -0.39 is 12.6 Å². The second-order valence-electron chi connectivity index (χ2n) is 4.92. The fourth-order valence-corrected chi connectivity index (χ4v) is 2.97. The highest BCUT2D eigenvalue weighted by Gasteiger charge is 2.56. The van der Waals surface area contributed by atoms with Crippen LogP contribution in [-0.4, -0.2) is 30.1 Å². The fourth-order valence-electron chi connectivity index (χ4n) is 2.97. The van der Waals surface area contributed by atoms with E-state index in [0.717, 1.165) is 25.7 Å². The number of aliphatic hydroxyl groups is 1. The lowest BCUT2D eigenvalue weighted by Gasteiger charge is -2.51. The molecular weight excluding hydrogens is 221 g/mol. The van der Waals surface area contributed by atoms with Crippen molar-refractivity contribution in [1.29, 1.82) is 0 Å². The molecule has 0 heterocycles. The van der Waals surface area contributed by atoms with Crippen LogP contribution < -0.4 is 0 Å². The highest BCUT2D eigenvalue weighted by atomic mass is 19.4. The highest BCUT2D eigenvalue weighted by Crippen LogP contribution is 2.54. The van der Waals surface area contributed by atoms with Crippen molar-refractivity contribution in [2.24, 2.45) is 5.41 Å². The minimum atomic E-state index is -4.15. The van der Waals surface area contributed by atoms with Gasteiger partial charge in [0.2, 0.25) is 0 Å². The number of hydrogen-bond acceptors (Lipinski definition) is 2. The lowest BCUT2D eigenvalue weighted by molar-refractivity contribution is -0.206. The normalized spacial score (nSPS) is 33.0. The van der Waals surface area contributed by atoms with E-state index in [4.69, 9.17) is 4.74 Å². The molecule has 2 aliphatic rings. The molecular formula is C11H17F3O2. The summed E-state index contributed by atoms with van der Waals surface area (Å²) in [7, 11) is 0. The van der Waals surface area contributed by atoms with Gasteiger partial charge in [-0.25, -0.2) is 0 Å². The number of rotatable bonds is 3. The van der Waals surface area contributed by atoms with Crippen LogP contribution in [0.25, 0.3) is 0 Å². The van der Waals surface area contributed by atoms with E-state index >= 15 is 0 Å². The van der Waals surface area contributed by atoms with Gasteiger partial charge in [0, 0.05) is 11.8 Å². The smallest absolute Gasteiger partial charge is 0.391 e. The van der Waals surface area contributed by atoms with Crippen LogP contribution in [0.3, 0.4) is 0 Å². The van der Waals surface area contributed by atoms with E-state index in [9.17, 15) is 18.3 Å². The second-order valence-corrected chi connectivity index (χ2v) is 4.92. The first-order valence-electron chi connectivity index (χ1n) is 5.80. The summed E-state index contributed by atoms with van der Waals surface area (Å²) in [5, 5.41) is 9.73. The van der Waals surface area contributed by atoms with E-state index in [2.05, 4.69) is 0 Å². The first-order chi connectivity index (χ1) is 7.44. The van der Waals surface area contributed by atoms with Gasteiger partial charge in [-0.3, -0.25) is 0 Å². The summed E-state index contributed by atoms with van der Waals surface area (Å²) in [6.07, 6.45) is -1.18. The SMILES string of the molecule is OC1CC(OCCC(F)(F)F)C12CCCC2. The molecule has 2 rings (SSSR count). The summed E-state index contributed by atoms with van der Waals surface area (Å²) < 4.78 is 41.1. The van der Waals surface area contributed by atoms with Crippen molar-refractivity contribution in [3.05, 3.63) is 0 Å². The Hall–Kier alpha value is -0.290. The quantitative estimate of drug-likeness (QED) is 0.819. The average molecular weight is 238 g/mol. The largest absolute Gasteiger partial charge is 0.392 e. The fraction of sp³-hybridized carbons (Fsp3) is 1.00. The Bertz CT molecular complexity index is 246. The first-order valence-corrected chi connectivity index (χ1v) is 5.80. The molecule has 0 aromatic carbocycles. The molecule has 2 atom stereocenters. The summed E-state index contributed by atoms with van der Waals surface area (Å²) in [5.41, 5.74) is -0.217. The third kappa shape index (κ3) is 2.20. The van der Waals surface area contributed by atoms with Gasteiger partial charge in [-0.2, -0.15) is 13.2 Å². The summed E-state index contributed by atoms with van der Waals surface area (Å²) in [4.78, 5) is 0. The van der Waals surface area contributed by atoms with Gasteiger partial charge in [0.25, 0.3) is 0 Å². The molecule has 0 aliphatic heterocycles. The number of hydrogen-bond donors (Lipinski definition) is 1. The number of halogens is 3. The van der Waals surface area contributed by atoms with Crippen LogP contribution in [0.2, 0.25) is 0 Å². The molecule has 94 valence electrons. The van der Waals surface area contributed by atoms with Gasteiger partial charge in [0.05, 0.1) is 25.2 Å². The van der Waals surface area contributed by atoms with Crippen molar-refractivity contribution < 1.29 is 23.0 Å². The number of alkyl halides is 3. The van der Waals surface area contributed by atoms with Gasteiger partial charge in [0.1, 0.15) is 0 Å². The number of ether oxygens (including phenoxy) is 1. The topological polar surface area (TPSA) is 29.5 Å². The Balaban J connectivity index is 1.79. The van der Waals surface area contributed by atoms with E-state index in [1.165, 1.54) is 0 Å². The van der Waals surface area contributed by atoms with E-state index in [0.29, 0.717) is 6.42 Å². The maximum absolute atomic E-state index is 11.9. The molecule has 2 unspecified atom stereocenters. The Morgan fingerprint density at radius 3 is 2.38 bits per heavy atom. The predicted molar refractivity (Wildman–Crippen MR) is 51.9 cm³/mol. The molecule has 0 aromatic rings. The van der Waals surface area contributed by atoms with Gasteiger partial charge in [-0.05, 0) is 12.8 Å². The molecule has 2 saturated carbocycles. The average Bonchev–Trinajstić information content (AvgIpc) is 2.66. The Labute approximate surface area is 92.8 Å². The summed E-state index contributed by atoms with van der Waals surface area (Å²) >= 11 is 0. The van der Waals surface area contributed by atoms with E-state index in [-0.39, 0.29) is 24.2 Å². The molecule has 1 N–H and O–H groups in total. The van der Waals surface area contributed by atoms with Crippen LogP contribution in [0.15, 0.2) is 0 Å². The maximum Gasteiger partial charge on any atom is 0.391 e. The van der Waals surface area contributed by atoms with Crippen molar-refractivity contribution >= 4 is 0 Å². The summed E-state index contributed by atoms with van der Waals surface area (Å²) in [5.74, 6) is 0. The Morgan fingerprint density at radius 1 is 1.25 bits per heavy atom. The first kappa shape index (κ1) is 12.2. The highest BCUT2D eigenvalue weighted by molar-refractivity contribution is 5.06. The molecule has 2 aliphatic carbocycles. The third-order valence-corrected chi connectivity index (χ3v) is 3.98. The second kappa shape index (κ2) is 4.18. The van der Waals surface area contributed by atoms with Crippen molar-refractivity contribution in [3.63, 3.8) is 0 Å². The van der Waals surface area contributed by atoms with E-state index in [1.54, 1.807) is 0 Å². The van der Waals surface area contributed by atoms with Crippen molar-refractivity contribution in [1.82, 2.24) is 0 Å². The molecule has 16 heavy (non-hydrogen) atoms. The lowest BCUT2D eigenvalue weighted by Crippen LogP contribution is -2.56. The minimum absolute atomic E-state index is 0.160. The molecule has 0 bridgehead atoms. The van der Waals surface area contributed by atoms with Gasteiger partial charge in [-0.1, -0.05) is 12.8 Å². The molecule has 0 amide bonds. The van der Waals surface area contributed by atoms with Crippen molar-refractivity contribution in [3.8, 4) is 0 Å². The Morgan fingerprint density at radius 2 is 1.88 bits per heavy atom. The van der Waals surface area contributed by atoms with Crippen LogP contribution >= 0.6 is 0 Å². The monoisotopic (exact) mass is 238 g/mol. The van der Waals surface area contributed by atoms with Crippen LogP contribution in [-0.2, 0) is 4.74 Å². The standard InChI is InChI=1S/C11H17F3O2/c12-11(13,14)5-6-16-9-7-8(15)10(9)3-1-2-4-10/h8-9,15H,1-7H2. The van der Waals surface area contributed by atoms with Crippen molar-refractivity contribution in [2.45, 2.75) is 56.9 Å². The Kier molecular flexibility index (Phi) is 3.18. The van der Waals surface area contributed by atoms with Crippen LogP contribution in [0.1, 0.15) is 38.5 Å². The zero-order valence-corrected chi connectivity index (χ0v) is 9.09. The molecule has 0 aromatic heterocycles. The zero-order valence-electron chi connectivity index (χ0n) is 9.09. The molecule has 0 radical (unpaired) electrons. The summed E-state index contributed by atoms with van der Waals surface area (Å²) in [6.45, 7) is -0.275. The molecule has 2 nitrogen and oxygen atoms in total. The third-order valence-electron chi connectivity index (χ3n) is 3.98. The lowest BCUT2D eigenvalue weighted by atomic mass is 9.62. The van der Waals surface area contributed by atoms with Crippen LogP contribution in [0, 0.1) is 5.41 Å². The minimum Gasteiger partial charge on any atom is -0.392 e. The maximum atomic E-state index is 11.9. The van der Waals surface area contributed by atoms with Crippen LogP contribution in [0.5, 0.6) is 0 Å².